The molecule has 0 N–H and O–H groups in total. The van der Waals surface area contributed by atoms with Gasteiger partial charge < -0.3 is 13.9 Å². The van der Waals surface area contributed by atoms with Gasteiger partial charge in [-0.1, -0.05) is 39.4 Å². The third kappa shape index (κ3) is 5.03. The number of aromatic nitrogens is 1. The summed E-state index contributed by atoms with van der Waals surface area (Å²) in [4.78, 5) is 10.8. The van der Waals surface area contributed by atoms with Gasteiger partial charge in [0.15, 0.2) is 6.61 Å². The average molecular weight is 558 g/mol. The number of halogens is 1. The van der Waals surface area contributed by atoms with Crippen molar-refractivity contribution in [2.75, 3.05) is 13.7 Å². The molecule has 0 aliphatic carbocycles. The largest absolute Gasteiger partial charge is 0.497 e. The maximum absolute atomic E-state index is 8.90. The highest BCUT2D eigenvalue weighted by Crippen LogP contribution is 2.33. The van der Waals surface area contributed by atoms with Crippen LogP contribution in [0, 0.1) is 18.3 Å². The summed E-state index contributed by atoms with van der Waals surface area (Å²) in [6.45, 7) is 2.00. The number of thiazole rings is 1. The summed E-state index contributed by atoms with van der Waals surface area (Å²) in [5, 5.41) is 11.0. The maximum atomic E-state index is 8.90. The number of hydrogen-bond donors (Lipinski definition) is 0. The van der Waals surface area contributed by atoms with Gasteiger partial charge in [-0.3, -0.25) is 0 Å². The molecular weight excluding hydrogens is 538 g/mol. The number of nitriles is 1. The lowest BCUT2D eigenvalue weighted by atomic mass is 10.1. The Morgan fingerprint density at radius 3 is 2.44 bits per heavy atom. The predicted molar refractivity (Wildman–Crippen MR) is 145 cm³/mol. The highest BCUT2D eigenvalue weighted by Gasteiger charge is 2.12. The van der Waals surface area contributed by atoms with Crippen molar-refractivity contribution >= 4 is 43.4 Å². The molecule has 0 radical (unpaired) electrons. The maximum Gasteiger partial charge on any atom is 0.210 e. The molecule has 0 spiro atoms. The highest BCUT2D eigenvalue weighted by molar-refractivity contribution is 9.10. The van der Waals surface area contributed by atoms with E-state index in [1.807, 2.05) is 79.7 Å². The molecule has 0 atom stereocenters. The number of fused-ring (bicyclic) bond motifs is 1. The normalized spacial score (nSPS) is 11.4. The van der Waals surface area contributed by atoms with Gasteiger partial charge in [0.1, 0.15) is 28.9 Å². The molecule has 0 bridgehead atoms. The lowest BCUT2D eigenvalue weighted by molar-refractivity contribution is 0.368. The van der Waals surface area contributed by atoms with E-state index in [1.54, 1.807) is 13.2 Å². The molecule has 0 saturated heterocycles. The minimum Gasteiger partial charge on any atom is -0.497 e. The molecule has 8 heteroatoms. The van der Waals surface area contributed by atoms with Gasteiger partial charge in [-0.25, -0.2) is 9.98 Å². The molecule has 178 valence electrons. The van der Waals surface area contributed by atoms with Crippen LogP contribution < -0.4 is 14.8 Å². The summed E-state index contributed by atoms with van der Waals surface area (Å²) in [7, 11) is 1.64. The van der Waals surface area contributed by atoms with Crippen molar-refractivity contribution in [3.05, 3.63) is 87.5 Å². The lowest BCUT2D eigenvalue weighted by Gasteiger charge is -2.08. The summed E-state index contributed by atoms with van der Waals surface area (Å²) in [6, 6.07) is 25.1. The average Bonchev–Trinajstić information content (AvgIpc) is 3.27. The molecule has 6 nitrogen and oxygen atoms in total. The molecule has 0 aliphatic heterocycles. The first-order valence-electron chi connectivity index (χ1n) is 11.0. The molecule has 36 heavy (non-hydrogen) atoms. The topological polar surface area (TPSA) is 80.6 Å². The highest BCUT2D eigenvalue weighted by atomic mass is 79.9. The van der Waals surface area contributed by atoms with E-state index in [0.717, 1.165) is 37.3 Å². The Labute approximate surface area is 220 Å². The molecule has 5 aromatic rings. The quantitative estimate of drug-likeness (QED) is 0.216. The lowest BCUT2D eigenvalue weighted by Crippen LogP contribution is -2.04. The van der Waals surface area contributed by atoms with Crippen molar-refractivity contribution in [3.63, 3.8) is 0 Å². The fraction of sp³-hybridized carbons (Fsp3) is 0.107. The van der Waals surface area contributed by atoms with Crippen molar-refractivity contribution in [1.82, 2.24) is 4.98 Å². The van der Waals surface area contributed by atoms with Crippen molar-refractivity contribution in [2.24, 2.45) is 4.99 Å². The van der Waals surface area contributed by atoms with E-state index in [0.29, 0.717) is 27.6 Å². The van der Waals surface area contributed by atoms with E-state index in [9.17, 15) is 0 Å². The number of ether oxygens (including phenoxy) is 2. The van der Waals surface area contributed by atoms with Crippen molar-refractivity contribution < 1.29 is 13.9 Å². The molecular formula is C28H20BrN3O3S. The number of aryl methyl sites for hydroxylation is 1. The van der Waals surface area contributed by atoms with E-state index in [2.05, 4.69) is 15.9 Å². The Morgan fingerprint density at radius 2 is 1.72 bits per heavy atom. The zero-order valence-electron chi connectivity index (χ0n) is 19.5. The monoisotopic (exact) mass is 557 g/mol. The van der Waals surface area contributed by atoms with Crippen LogP contribution in [0.4, 0.5) is 5.13 Å². The summed E-state index contributed by atoms with van der Waals surface area (Å²) >= 11 is 5.01. The second-order valence-corrected chi connectivity index (χ2v) is 9.95. The van der Waals surface area contributed by atoms with Crippen LogP contribution in [0.1, 0.15) is 4.88 Å². The van der Waals surface area contributed by atoms with E-state index >= 15 is 0 Å². The number of methoxy groups -OCH3 is 1. The Morgan fingerprint density at radius 1 is 1.00 bits per heavy atom. The summed E-state index contributed by atoms with van der Waals surface area (Å²) in [5.41, 5.74) is 3.48. The third-order valence-corrected chi connectivity index (χ3v) is 6.91. The standard InChI is InChI=1S/C28H20BrN3O3S/c1-17-27(19-3-7-20(29)8-4-19)32-28(36-17)31-24-16-26(18-5-9-21(33-2)10-6-18)35-25-12-11-22(15-23(24)25)34-14-13-30/h3-12,15-16H,14H2,1-2H3. The second-order valence-electron chi connectivity index (χ2n) is 7.85. The first-order valence-corrected chi connectivity index (χ1v) is 12.6. The molecule has 5 rings (SSSR count). The first kappa shape index (κ1) is 23.8. The molecule has 0 saturated carbocycles. The van der Waals surface area contributed by atoms with Crippen LogP contribution in [0.2, 0.25) is 0 Å². The minimum atomic E-state index is -0.0404. The summed E-state index contributed by atoms with van der Waals surface area (Å²) < 4.78 is 18.1. The number of hydrogen-bond acceptors (Lipinski definition) is 7. The van der Waals surface area contributed by atoms with Crippen LogP contribution in [0.15, 0.2) is 86.7 Å². The van der Waals surface area contributed by atoms with Crippen molar-refractivity contribution in [3.8, 4) is 40.1 Å². The molecule has 0 aliphatic rings. The van der Waals surface area contributed by atoms with Gasteiger partial charge in [0.2, 0.25) is 5.13 Å². The molecule has 0 amide bonds. The predicted octanol–water partition coefficient (Wildman–Crippen LogP) is 7.44. The van der Waals surface area contributed by atoms with Gasteiger partial charge in [-0.15, -0.1) is 0 Å². The number of benzene rings is 3. The van der Waals surface area contributed by atoms with Gasteiger partial charge in [0.05, 0.1) is 18.2 Å². The SMILES string of the molecule is COc1ccc(-c2cc(=Nc3nc(-c4ccc(Br)cc4)c(C)s3)c3cc(OCC#N)ccc3o2)cc1. The number of rotatable bonds is 6. The third-order valence-electron chi connectivity index (χ3n) is 5.51. The summed E-state index contributed by atoms with van der Waals surface area (Å²) in [5.74, 6) is 2.00. The zero-order chi connectivity index (χ0) is 25.1. The van der Waals surface area contributed by atoms with E-state index in [-0.39, 0.29) is 6.61 Å². The number of nitrogens with zero attached hydrogens (tertiary/aromatic N) is 3. The Kier molecular flexibility index (Phi) is 6.85. The van der Waals surface area contributed by atoms with E-state index < -0.39 is 0 Å². The van der Waals surface area contributed by atoms with Gasteiger partial charge in [0, 0.05) is 31.9 Å². The van der Waals surface area contributed by atoms with Crippen LogP contribution in [0.5, 0.6) is 11.5 Å². The smallest absolute Gasteiger partial charge is 0.210 e. The molecule has 2 heterocycles. The van der Waals surface area contributed by atoms with Gasteiger partial charge in [-0.2, -0.15) is 5.26 Å². The zero-order valence-corrected chi connectivity index (χ0v) is 21.9. The van der Waals surface area contributed by atoms with Gasteiger partial charge >= 0.3 is 0 Å². The fourth-order valence-corrected chi connectivity index (χ4v) is 4.83. The molecule has 0 unspecified atom stereocenters. The molecule has 2 aromatic heterocycles. The van der Waals surface area contributed by atoms with Crippen LogP contribution in [0.3, 0.4) is 0 Å². The van der Waals surface area contributed by atoms with Crippen LogP contribution >= 0.6 is 27.3 Å². The van der Waals surface area contributed by atoms with Crippen molar-refractivity contribution in [2.45, 2.75) is 6.92 Å². The molecule has 3 aromatic carbocycles. The van der Waals surface area contributed by atoms with Crippen LogP contribution in [0.25, 0.3) is 33.6 Å². The van der Waals surface area contributed by atoms with E-state index in [4.69, 9.17) is 29.1 Å². The summed E-state index contributed by atoms with van der Waals surface area (Å²) in [6.07, 6.45) is 0. The molecule has 0 fully saturated rings. The van der Waals surface area contributed by atoms with Crippen LogP contribution in [-0.4, -0.2) is 18.7 Å². The van der Waals surface area contributed by atoms with Crippen molar-refractivity contribution in [1.29, 1.82) is 5.26 Å². The van der Waals surface area contributed by atoms with E-state index in [1.165, 1.54) is 11.3 Å². The Hall–Kier alpha value is -3.93. The fourth-order valence-electron chi connectivity index (χ4n) is 3.75. The van der Waals surface area contributed by atoms with Gasteiger partial charge in [0.25, 0.3) is 0 Å². The van der Waals surface area contributed by atoms with Gasteiger partial charge in [-0.05, 0) is 61.5 Å². The Balaban J connectivity index is 1.67. The minimum absolute atomic E-state index is 0.0404. The first-order chi connectivity index (χ1) is 17.5. The Bertz CT molecular complexity index is 1650. The second kappa shape index (κ2) is 10.4. The van der Waals surface area contributed by atoms with Crippen LogP contribution in [-0.2, 0) is 0 Å².